The summed E-state index contributed by atoms with van der Waals surface area (Å²) in [5.41, 5.74) is 1.84. The van der Waals surface area contributed by atoms with E-state index in [1.54, 1.807) is 60.5 Å². The number of nitrogens with one attached hydrogen (secondary N) is 1. The van der Waals surface area contributed by atoms with Crippen molar-refractivity contribution in [2.45, 2.75) is 6.54 Å². The highest BCUT2D eigenvalue weighted by Crippen LogP contribution is 2.22. The Bertz CT molecular complexity index is 906. The second-order valence-electron chi connectivity index (χ2n) is 5.70. The Hall–Kier alpha value is -3.47. The SMILES string of the molecule is COc1ccccc1NC(=O)C[n+]1ccc(C(=O)c2ccccc2)cc1. The number of carbonyl (C=O) groups excluding carboxylic acids is 2. The van der Waals surface area contributed by atoms with E-state index < -0.39 is 0 Å². The summed E-state index contributed by atoms with van der Waals surface area (Å²) >= 11 is 0. The standard InChI is InChI=1S/C21H18N2O3/c1-26-19-10-6-5-9-18(19)22-20(24)15-23-13-11-17(12-14-23)21(25)16-7-3-2-4-8-16/h2-14H,15H2,1H3/p+1. The molecule has 0 aliphatic carbocycles. The summed E-state index contributed by atoms with van der Waals surface area (Å²) in [4.78, 5) is 24.6. The van der Waals surface area contributed by atoms with Gasteiger partial charge in [-0.2, -0.15) is 4.57 Å². The second kappa shape index (κ2) is 8.07. The number of methoxy groups -OCH3 is 1. The number of rotatable bonds is 6. The van der Waals surface area contributed by atoms with Crippen LogP contribution in [0.3, 0.4) is 0 Å². The topological polar surface area (TPSA) is 59.3 Å². The molecule has 1 N–H and O–H groups in total. The smallest absolute Gasteiger partial charge is 0.290 e. The van der Waals surface area contributed by atoms with Gasteiger partial charge in [-0.15, -0.1) is 0 Å². The maximum Gasteiger partial charge on any atom is 0.290 e. The molecule has 0 fully saturated rings. The first-order valence-corrected chi connectivity index (χ1v) is 8.19. The van der Waals surface area contributed by atoms with Gasteiger partial charge in [0.2, 0.25) is 6.54 Å². The molecule has 0 atom stereocenters. The summed E-state index contributed by atoms with van der Waals surface area (Å²) in [7, 11) is 1.56. The summed E-state index contributed by atoms with van der Waals surface area (Å²) in [6.45, 7) is 0.137. The minimum atomic E-state index is -0.179. The van der Waals surface area contributed by atoms with Gasteiger partial charge in [0.25, 0.3) is 5.91 Å². The number of hydrogen-bond donors (Lipinski definition) is 1. The lowest BCUT2D eigenvalue weighted by atomic mass is 10.0. The molecule has 0 saturated carbocycles. The van der Waals surface area contributed by atoms with Crippen molar-refractivity contribution in [2.75, 3.05) is 12.4 Å². The fourth-order valence-corrected chi connectivity index (χ4v) is 2.57. The Balaban J connectivity index is 1.66. The van der Waals surface area contributed by atoms with E-state index >= 15 is 0 Å². The van der Waals surface area contributed by atoms with Crippen LogP contribution >= 0.6 is 0 Å². The molecule has 0 aliphatic heterocycles. The molecule has 5 nitrogen and oxygen atoms in total. The quantitative estimate of drug-likeness (QED) is 0.551. The van der Waals surface area contributed by atoms with Crippen molar-refractivity contribution in [3.05, 3.63) is 90.3 Å². The number of nitrogens with zero attached hydrogens (tertiary/aromatic N) is 1. The summed E-state index contributed by atoms with van der Waals surface area (Å²) in [5, 5.41) is 2.82. The number of ether oxygens (including phenoxy) is 1. The largest absolute Gasteiger partial charge is 0.495 e. The van der Waals surface area contributed by atoms with E-state index in [1.165, 1.54) is 0 Å². The highest BCUT2D eigenvalue weighted by molar-refractivity contribution is 6.08. The molecule has 0 radical (unpaired) electrons. The molecule has 1 heterocycles. The number of benzene rings is 2. The maximum atomic E-state index is 12.4. The highest BCUT2D eigenvalue weighted by Gasteiger charge is 2.14. The van der Waals surface area contributed by atoms with Crippen LogP contribution in [0.25, 0.3) is 0 Å². The van der Waals surface area contributed by atoms with Crippen molar-refractivity contribution < 1.29 is 18.9 Å². The van der Waals surface area contributed by atoms with Gasteiger partial charge in [-0.05, 0) is 12.1 Å². The Morgan fingerprint density at radius 1 is 0.885 bits per heavy atom. The van der Waals surface area contributed by atoms with Crippen LogP contribution in [0.2, 0.25) is 0 Å². The van der Waals surface area contributed by atoms with Crippen LogP contribution < -0.4 is 14.6 Å². The zero-order valence-corrected chi connectivity index (χ0v) is 14.4. The number of pyridine rings is 1. The molecular formula is C21H19N2O3+. The fraction of sp³-hybridized carbons (Fsp3) is 0.0952. The van der Waals surface area contributed by atoms with Crippen LogP contribution in [0.15, 0.2) is 79.1 Å². The minimum absolute atomic E-state index is 0.0452. The van der Waals surface area contributed by atoms with Gasteiger partial charge in [-0.25, -0.2) is 0 Å². The molecule has 130 valence electrons. The molecule has 26 heavy (non-hydrogen) atoms. The van der Waals surface area contributed by atoms with E-state index in [0.29, 0.717) is 22.6 Å². The number of anilines is 1. The van der Waals surface area contributed by atoms with E-state index in [1.807, 2.05) is 30.3 Å². The normalized spacial score (nSPS) is 10.2. The number of para-hydroxylation sites is 2. The van der Waals surface area contributed by atoms with Gasteiger partial charge in [0.15, 0.2) is 18.2 Å². The van der Waals surface area contributed by atoms with Gasteiger partial charge in [0, 0.05) is 23.3 Å². The molecule has 5 heteroatoms. The Morgan fingerprint density at radius 2 is 1.50 bits per heavy atom. The molecule has 0 spiro atoms. The average Bonchev–Trinajstić information content (AvgIpc) is 2.69. The lowest BCUT2D eigenvalue weighted by Gasteiger charge is -2.08. The Labute approximate surface area is 151 Å². The van der Waals surface area contributed by atoms with Crippen LogP contribution in [-0.4, -0.2) is 18.8 Å². The third-order valence-electron chi connectivity index (χ3n) is 3.90. The van der Waals surface area contributed by atoms with Crippen LogP contribution in [0.4, 0.5) is 5.69 Å². The summed E-state index contributed by atoms with van der Waals surface area (Å²) in [6.07, 6.45) is 3.44. The predicted octanol–water partition coefficient (Wildman–Crippen LogP) is 2.85. The van der Waals surface area contributed by atoms with Gasteiger partial charge < -0.3 is 10.1 Å². The summed E-state index contributed by atoms with van der Waals surface area (Å²) < 4.78 is 6.94. The lowest BCUT2D eigenvalue weighted by Crippen LogP contribution is -2.39. The number of ketones is 1. The molecule has 1 aromatic heterocycles. The predicted molar refractivity (Wildman–Crippen MR) is 98.1 cm³/mol. The molecule has 3 rings (SSSR count). The van der Waals surface area contributed by atoms with E-state index in [4.69, 9.17) is 4.74 Å². The molecule has 1 amide bonds. The fourth-order valence-electron chi connectivity index (χ4n) is 2.57. The summed E-state index contributed by atoms with van der Waals surface area (Å²) in [6, 6.07) is 19.8. The van der Waals surface area contributed by atoms with E-state index in [0.717, 1.165) is 0 Å². The first-order valence-electron chi connectivity index (χ1n) is 8.19. The van der Waals surface area contributed by atoms with Crippen molar-refractivity contribution in [3.63, 3.8) is 0 Å². The molecule has 3 aromatic rings. The van der Waals surface area contributed by atoms with Crippen molar-refractivity contribution in [1.29, 1.82) is 0 Å². The third-order valence-corrected chi connectivity index (χ3v) is 3.90. The third kappa shape index (κ3) is 4.13. The first-order chi connectivity index (χ1) is 12.7. The lowest BCUT2D eigenvalue weighted by molar-refractivity contribution is -0.684. The molecule has 2 aromatic carbocycles. The zero-order chi connectivity index (χ0) is 18.4. The second-order valence-corrected chi connectivity index (χ2v) is 5.70. The number of carbonyl (C=O) groups is 2. The van der Waals surface area contributed by atoms with E-state index in [9.17, 15) is 9.59 Å². The van der Waals surface area contributed by atoms with Gasteiger partial charge in [-0.3, -0.25) is 9.59 Å². The highest BCUT2D eigenvalue weighted by atomic mass is 16.5. The van der Waals surface area contributed by atoms with Crippen molar-refractivity contribution in [1.82, 2.24) is 0 Å². The van der Waals surface area contributed by atoms with Gasteiger partial charge in [-0.1, -0.05) is 42.5 Å². The van der Waals surface area contributed by atoms with E-state index in [-0.39, 0.29) is 18.2 Å². The van der Waals surface area contributed by atoms with Gasteiger partial charge in [0.05, 0.1) is 12.8 Å². The number of amides is 1. The summed E-state index contributed by atoms with van der Waals surface area (Å²) in [5.74, 6) is 0.382. The molecular weight excluding hydrogens is 328 g/mol. The Kier molecular flexibility index (Phi) is 5.39. The van der Waals surface area contributed by atoms with Gasteiger partial charge in [0.1, 0.15) is 5.75 Å². The average molecular weight is 347 g/mol. The molecule has 0 saturated heterocycles. The Morgan fingerprint density at radius 3 is 2.19 bits per heavy atom. The van der Waals surface area contributed by atoms with Crippen LogP contribution in [0.1, 0.15) is 15.9 Å². The van der Waals surface area contributed by atoms with Crippen molar-refractivity contribution >= 4 is 17.4 Å². The van der Waals surface area contributed by atoms with Crippen LogP contribution in [0.5, 0.6) is 5.75 Å². The minimum Gasteiger partial charge on any atom is -0.495 e. The van der Waals surface area contributed by atoms with Crippen molar-refractivity contribution in [2.24, 2.45) is 0 Å². The number of aromatic nitrogens is 1. The van der Waals surface area contributed by atoms with Gasteiger partial charge >= 0.3 is 0 Å². The zero-order valence-electron chi connectivity index (χ0n) is 14.4. The first kappa shape index (κ1) is 17.4. The monoisotopic (exact) mass is 347 g/mol. The molecule has 0 aliphatic rings. The maximum absolute atomic E-state index is 12.4. The van der Waals surface area contributed by atoms with Crippen LogP contribution in [-0.2, 0) is 11.3 Å². The van der Waals surface area contributed by atoms with E-state index in [2.05, 4.69) is 5.32 Å². The van der Waals surface area contributed by atoms with Crippen LogP contribution in [0, 0.1) is 0 Å². The molecule has 0 unspecified atom stereocenters. The number of hydrogen-bond acceptors (Lipinski definition) is 3. The van der Waals surface area contributed by atoms with Crippen molar-refractivity contribution in [3.8, 4) is 5.75 Å². The molecule has 0 bridgehead atoms.